The Morgan fingerprint density at radius 3 is 1.60 bits per heavy atom. The van der Waals surface area contributed by atoms with Crippen molar-refractivity contribution in [2.75, 3.05) is 0 Å². The largest absolute Gasteiger partial charge is 0.429 e. The van der Waals surface area contributed by atoms with Gasteiger partial charge >= 0.3 is 30.2 Å². The number of benzene rings is 1. The third kappa shape index (κ3) is 4.10. The lowest BCUT2D eigenvalue weighted by Gasteiger charge is -2.38. The molecule has 0 heterocycles. The normalized spacial score (nSPS) is 13.5. The first-order chi connectivity index (χ1) is 11.2. The summed E-state index contributed by atoms with van der Waals surface area (Å²) in [5, 5.41) is -0.109. The van der Waals surface area contributed by atoms with E-state index in [0.717, 1.165) is 12.1 Å². The minimum Gasteiger partial charge on any atom is -0.410 e. The van der Waals surface area contributed by atoms with Gasteiger partial charge in [-0.25, -0.2) is 4.79 Å². The van der Waals surface area contributed by atoms with E-state index < -0.39 is 35.9 Å². The average Bonchev–Trinajstić information content (AvgIpc) is 2.41. The predicted octanol–water partition coefficient (Wildman–Crippen LogP) is 4.76. The molecule has 0 spiro atoms. The van der Waals surface area contributed by atoms with Crippen molar-refractivity contribution in [3.8, 4) is 5.75 Å². The van der Waals surface area contributed by atoms with Gasteiger partial charge in [0.2, 0.25) is 0 Å². The van der Waals surface area contributed by atoms with E-state index in [2.05, 4.69) is 4.74 Å². The summed E-state index contributed by atoms with van der Waals surface area (Å²) in [6, 6.07) is 4.67. The summed E-state index contributed by atoms with van der Waals surface area (Å²) in [5.74, 6) is -0.532. The number of rotatable bonds is 3. The third-order valence-electron chi connectivity index (χ3n) is 3.11. The van der Waals surface area contributed by atoms with Gasteiger partial charge in [0.15, 0.2) is 0 Å². The van der Waals surface area contributed by atoms with E-state index in [0.29, 0.717) is 12.0 Å². The monoisotopic (exact) mass is 383 g/mol. The van der Waals surface area contributed by atoms with Gasteiger partial charge in [-0.15, -0.1) is 0 Å². The van der Waals surface area contributed by atoms with Crippen LogP contribution in [0.2, 0.25) is 0 Å². The van der Waals surface area contributed by atoms with Crippen LogP contribution in [0.1, 0.15) is 12.5 Å². The lowest BCUT2D eigenvalue weighted by Crippen LogP contribution is -2.75. The second-order valence-corrected chi connectivity index (χ2v) is 4.76. The fourth-order valence-corrected chi connectivity index (χ4v) is 1.77. The Labute approximate surface area is 134 Å². The van der Waals surface area contributed by atoms with Crippen molar-refractivity contribution in [3.63, 3.8) is 0 Å². The number of hydrogen-bond donors (Lipinski definition) is 1. The maximum atomic E-state index is 12.7. The Hall–Kier alpha value is -2.14. The molecule has 0 aliphatic rings. The minimum absolute atomic E-state index is 0.109. The van der Waals surface area contributed by atoms with Gasteiger partial charge in [-0.05, 0) is 24.1 Å². The van der Waals surface area contributed by atoms with E-state index in [4.69, 9.17) is 0 Å². The number of carbonyl (C=O) groups is 1. The quantitative estimate of drug-likeness (QED) is 0.765. The first-order valence-corrected chi connectivity index (χ1v) is 6.45. The Bertz CT molecular complexity index is 566. The molecule has 0 fully saturated rings. The number of nitrogens with one attached hydrogen (secondary N) is 1. The number of ether oxygens (including phenoxy) is 1. The predicted molar refractivity (Wildman–Crippen MR) is 65.9 cm³/mol. The molecule has 0 saturated carbocycles. The van der Waals surface area contributed by atoms with Gasteiger partial charge in [0, 0.05) is 0 Å². The summed E-state index contributed by atoms with van der Waals surface area (Å²) >= 11 is 0. The van der Waals surface area contributed by atoms with Gasteiger partial charge in [-0.2, -0.15) is 39.5 Å². The number of amides is 1. The van der Waals surface area contributed by atoms with Crippen LogP contribution in [0.15, 0.2) is 24.3 Å². The number of hydrogen-bond acceptors (Lipinski definition) is 2. The van der Waals surface area contributed by atoms with Crippen LogP contribution in [-0.2, 0) is 6.42 Å². The average molecular weight is 383 g/mol. The maximum Gasteiger partial charge on any atom is 0.429 e. The van der Waals surface area contributed by atoms with E-state index in [1.54, 1.807) is 6.92 Å². The van der Waals surface area contributed by atoms with Crippen LogP contribution in [0.25, 0.3) is 0 Å². The topological polar surface area (TPSA) is 38.3 Å². The maximum absolute atomic E-state index is 12.7. The van der Waals surface area contributed by atoms with Gasteiger partial charge in [0.05, 0.1) is 0 Å². The molecule has 1 amide bonds. The van der Waals surface area contributed by atoms with Crippen LogP contribution in [0.5, 0.6) is 5.75 Å². The summed E-state index contributed by atoms with van der Waals surface area (Å²) in [5.41, 5.74) is -5.78. The zero-order valence-electron chi connectivity index (χ0n) is 12.2. The Morgan fingerprint density at radius 1 is 0.880 bits per heavy atom. The molecule has 1 N–H and O–H groups in total. The first-order valence-electron chi connectivity index (χ1n) is 6.45. The van der Waals surface area contributed by atoms with E-state index in [-0.39, 0.29) is 5.32 Å². The van der Waals surface area contributed by atoms with Crippen molar-refractivity contribution in [2.24, 2.45) is 0 Å². The molecule has 3 nitrogen and oxygen atoms in total. The lowest BCUT2D eigenvalue weighted by molar-refractivity contribution is -0.386. The van der Waals surface area contributed by atoms with Gasteiger partial charge < -0.3 is 4.74 Å². The molecule has 1 aromatic carbocycles. The minimum atomic E-state index is -6.91. The summed E-state index contributed by atoms with van der Waals surface area (Å²) in [6.45, 7) is 1.73. The molecule has 0 aliphatic carbocycles. The van der Waals surface area contributed by atoms with Crippen LogP contribution in [0.4, 0.5) is 44.3 Å². The molecule has 0 radical (unpaired) electrons. The van der Waals surface area contributed by atoms with Crippen molar-refractivity contribution < 1.29 is 49.0 Å². The van der Waals surface area contributed by atoms with Crippen LogP contribution in [0.3, 0.4) is 0 Å². The smallest absolute Gasteiger partial charge is 0.410 e. The second kappa shape index (κ2) is 6.64. The van der Waals surface area contributed by atoms with E-state index in [1.165, 1.54) is 12.1 Å². The summed E-state index contributed by atoms with van der Waals surface area (Å²) in [4.78, 5) is 11.3. The molecular formula is C13H10F9NO2. The third-order valence-corrected chi connectivity index (χ3v) is 3.11. The van der Waals surface area contributed by atoms with Gasteiger partial charge in [-0.3, -0.25) is 5.32 Å². The number of alkyl halides is 9. The van der Waals surface area contributed by atoms with E-state index in [9.17, 15) is 44.3 Å². The summed E-state index contributed by atoms with van der Waals surface area (Å²) in [6.07, 6.45) is -22.8. The standard InChI is InChI=1S/C13H10F9NO2/c1-2-7-3-5-8(6-4-7)25-9(24)23-10(11(14,15)16,12(17,18)19)13(20,21)22/h3-6H,2H2,1H3,(H,23,24). The van der Waals surface area contributed by atoms with Crippen molar-refractivity contribution in [1.29, 1.82) is 0 Å². The second-order valence-electron chi connectivity index (χ2n) is 4.76. The SMILES string of the molecule is CCc1ccc(OC(=O)NC(C(F)(F)F)(C(F)(F)F)C(F)(F)F)cc1. The molecule has 142 valence electrons. The number of halogens is 9. The highest BCUT2D eigenvalue weighted by Crippen LogP contribution is 2.52. The summed E-state index contributed by atoms with van der Waals surface area (Å²) in [7, 11) is 0. The van der Waals surface area contributed by atoms with E-state index >= 15 is 0 Å². The zero-order valence-corrected chi connectivity index (χ0v) is 12.2. The van der Waals surface area contributed by atoms with Gasteiger partial charge in [-0.1, -0.05) is 19.1 Å². The summed E-state index contributed by atoms with van der Waals surface area (Å²) < 4.78 is 118. The van der Waals surface area contributed by atoms with Crippen LogP contribution in [0, 0.1) is 0 Å². The molecule has 0 bridgehead atoms. The molecule has 0 aliphatic heterocycles. The molecule has 0 unspecified atom stereocenters. The van der Waals surface area contributed by atoms with Gasteiger partial charge in [0.1, 0.15) is 5.75 Å². The lowest BCUT2D eigenvalue weighted by atomic mass is 9.97. The van der Waals surface area contributed by atoms with Crippen LogP contribution in [-0.4, -0.2) is 30.2 Å². The molecule has 0 saturated heterocycles. The number of aryl methyl sites for hydroxylation is 1. The van der Waals surface area contributed by atoms with Crippen molar-refractivity contribution in [3.05, 3.63) is 29.8 Å². The van der Waals surface area contributed by atoms with Gasteiger partial charge in [0.25, 0.3) is 0 Å². The molecule has 25 heavy (non-hydrogen) atoms. The first kappa shape index (κ1) is 20.9. The highest BCUT2D eigenvalue weighted by molar-refractivity contribution is 5.72. The highest BCUT2D eigenvalue weighted by Gasteiger charge is 2.85. The molecule has 0 atom stereocenters. The van der Waals surface area contributed by atoms with Crippen molar-refractivity contribution in [2.45, 2.75) is 37.4 Å². The molecule has 12 heteroatoms. The molecule has 1 rings (SSSR count). The Morgan fingerprint density at radius 2 is 1.28 bits per heavy atom. The van der Waals surface area contributed by atoms with E-state index in [1.807, 2.05) is 0 Å². The zero-order chi connectivity index (χ0) is 19.7. The van der Waals surface area contributed by atoms with Crippen LogP contribution < -0.4 is 10.1 Å². The molecular weight excluding hydrogens is 373 g/mol. The number of carbonyl (C=O) groups excluding carboxylic acids is 1. The van der Waals surface area contributed by atoms with Crippen LogP contribution >= 0.6 is 0 Å². The molecule has 0 aromatic heterocycles. The van der Waals surface area contributed by atoms with Crippen molar-refractivity contribution >= 4 is 6.09 Å². The Balaban J connectivity index is 3.18. The molecule has 1 aromatic rings. The van der Waals surface area contributed by atoms with Crippen molar-refractivity contribution in [1.82, 2.24) is 5.32 Å². The fraction of sp³-hybridized carbons (Fsp3) is 0.462. The fourth-order valence-electron chi connectivity index (χ4n) is 1.77. The highest BCUT2D eigenvalue weighted by atomic mass is 19.4. The Kier molecular flexibility index (Phi) is 5.55.